The van der Waals surface area contributed by atoms with Gasteiger partial charge in [0.05, 0.1) is 6.10 Å². The average molecular weight is 545 g/mol. The summed E-state index contributed by atoms with van der Waals surface area (Å²) < 4.78 is 50.5. The van der Waals surface area contributed by atoms with Gasteiger partial charge in [0.15, 0.2) is 11.9 Å². The number of nitrogens with one attached hydrogen (secondary N) is 1. The first-order valence-electron chi connectivity index (χ1n) is 11.0. The second-order valence-electron chi connectivity index (χ2n) is 8.24. The van der Waals surface area contributed by atoms with Crippen molar-refractivity contribution in [2.75, 3.05) is 12.3 Å². The van der Waals surface area contributed by atoms with Crippen molar-refractivity contribution >= 4 is 20.0 Å². The predicted octanol–water partition coefficient (Wildman–Crippen LogP) is 0.877. The van der Waals surface area contributed by atoms with E-state index < -0.39 is 56.8 Å². The van der Waals surface area contributed by atoms with Crippen LogP contribution in [0.4, 0.5) is 14.6 Å². The van der Waals surface area contributed by atoms with Crippen LogP contribution in [0.5, 0.6) is 11.5 Å². The van der Waals surface area contributed by atoms with Crippen molar-refractivity contribution in [3.05, 3.63) is 47.0 Å². The number of aliphatic hydroxyl groups is 1. The van der Waals surface area contributed by atoms with Crippen LogP contribution in [-0.2, 0) is 14.3 Å². The van der Waals surface area contributed by atoms with Crippen LogP contribution in [0.3, 0.4) is 0 Å². The molecular formula is C21H26F2N5O8P. The maximum absolute atomic E-state index is 14.6. The number of nitrogens with zero attached hydrogens (tertiary/aromatic N) is 3. The fraction of sp³-hybridized carbons (Fsp3) is 0.476. The third-order valence-electron chi connectivity index (χ3n) is 4.94. The van der Waals surface area contributed by atoms with E-state index >= 15 is 0 Å². The Labute approximate surface area is 210 Å². The molecular weight excluding hydrogens is 519 g/mol. The first-order valence-corrected chi connectivity index (χ1v) is 12.1. The number of nitrogen functional groups attached to an aromatic ring is 1. The molecule has 0 saturated carbocycles. The van der Waals surface area contributed by atoms with E-state index in [9.17, 15) is 28.4 Å². The molecule has 4 N–H and O–H groups in total. The van der Waals surface area contributed by atoms with Crippen molar-refractivity contribution in [1.82, 2.24) is 15.0 Å². The van der Waals surface area contributed by atoms with Crippen molar-refractivity contribution in [3.8, 4) is 11.5 Å². The lowest BCUT2D eigenvalue weighted by Gasteiger charge is -2.20. The maximum atomic E-state index is 14.6. The number of halogens is 2. The summed E-state index contributed by atoms with van der Waals surface area (Å²) in [6, 6.07) is 5.89. The minimum Gasteiger partial charge on any atom is -0.574 e. The molecule has 16 heteroatoms. The summed E-state index contributed by atoms with van der Waals surface area (Å²) in [6.45, 7) is 4.39. The summed E-state index contributed by atoms with van der Waals surface area (Å²) in [6.07, 6.45) is -5.14. The number of carbonyl (C=O) groups is 1. The van der Waals surface area contributed by atoms with E-state index in [0.29, 0.717) is 4.57 Å². The summed E-state index contributed by atoms with van der Waals surface area (Å²) in [7, 11) is -2.57. The molecule has 0 spiro atoms. The number of aromatic nitrogens is 2. The molecule has 1 unspecified atom stereocenters. The van der Waals surface area contributed by atoms with Crippen LogP contribution >= 0.6 is 8.17 Å². The van der Waals surface area contributed by atoms with Gasteiger partial charge in [-0.15, -0.1) is 0 Å². The molecule has 3 rings (SSSR count). The number of nitrogens with two attached hydrogens (primary N) is 1. The van der Waals surface area contributed by atoms with E-state index in [2.05, 4.69) is 15.3 Å². The smallest absolute Gasteiger partial charge is 0.412 e. The van der Waals surface area contributed by atoms with E-state index in [0.717, 1.165) is 12.3 Å². The molecule has 0 bridgehead atoms. The van der Waals surface area contributed by atoms with Gasteiger partial charge in [-0.25, -0.2) is 4.79 Å². The lowest BCUT2D eigenvalue weighted by Crippen LogP contribution is -2.42. The topological polar surface area (TPSA) is 183 Å². The van der Waals surface area contributed by atoms with E-state index in [-0.39, 0.29) is 23.4 Å². The minimum atomic E-state index is -3.81. The van der Waals surface area contributed by atoms with Crippen molar-refractivity contribution < 1.29 is 42.3 Å². The largest absolute Gasteiger partial charge is 0.574 e. The molecule has 5 atom stereocenters. The summed E-state index contributed by atoms with van der Waals surface area (Å²) in [5, 5.41) is 10.1. The Morgan fingerprint density at radius 1 is 1.32 bits per heavy atom. The van der Waals surface area contributed by atoms with Crippen LogP contribution in [0.25, 0.3) is 0 Å². The molecule has 1 aromatic heterocycles. The first kappa shape index (κ1) is 28.3. The zero-order valence-electron chi connectivity index (χ0n) is 20.0. The molecule has 2 aromatic rings. The second-order valence-corrected chi connectivity index (χ2v) is 9.09. The van der Waals surface area contributed by atoms with Crippen LogP contribution in [-0.4, -0.2) is 57.5 Å². The van der Waals surface area contributed by atoms with Crippen molar-refractivity contribution in [1.29, 1.82) is 0 Å². The summed E-state index contributed by atoms with van der Waals surface area (Å²) in [5.41, 5.74) is 6.71. The Hall–Kier alpha value is -3.23. The van der Waals surface area contributed by atoms with Gasteiger partial charge in [0.25, 0.3) is 0 Å². The summed E-state index contributed by atoms with van der Waals surface area (Å²) in [5.74, 6) is -4.17. The molecule has 1 aliphatic heterocycles. The van der Waals surface area contributed by atoms with Crippen molar-refractivity contribution in [2.24, 2.45) is 4.85 Å². The molecule has 0 radical (unpaired) electrons. The predicted molar refractivity (Wildman–Crippen MR) is 124 cm³/mol. The van der Waals surface area contributed by atoms with Gasteiger partial charge in [-0.05, 0) is 51.1 Å². The normalized spacial score (nSPS) is 22.1. The SMILES string of the molecule is CC(C)OC(=O)[C@H](C)N/N=[P+](\[O-])Oc1ccc(OC[C@H]2O[C@@H](n3ccc(N)nc3=O)C(F)(F)[C@@H]2O)cc1. The summed E-state index contributed by atoms with van der Waals surface area (Å²) >= 11 is 0. The number of ether oxygens (including phenoxy) is 3. The van der Waals surface area contributed by atoms with Gasteiger partial charge in [-0.3, -0.25) is 13.9 Å². The Balaban J connectivity index is 1.55. The van der Waals surface area contributed by atoms with Gasteiger partial charge < -0.3 is 29.9 Å². The van der Waals surface area contributed by atoms with Gasteiger partial charge >= 0.3 is 25.7 Å². The molecule has 0 amide bonds. The fourth-order valence-electron chi connectivity index (χ4n) is 3.12. The molecule has 2 heterocycles. The Kier molecular flexibility index (Phi) is 9.10. The first-order chi connectivity index (χ1) is 17.4. The van der Waals surface area contributed by atoms with Crippen molar-refractivity contribution in [3.63, 3.8) is 0 Å². The highest BCUT2D eigenvalue weighted by molar-refractivity contribution is 7.33. The number of aliphatic hydroxyl groups excluding tert-OH is 1. The Morgan fingerprint density at radius 3 is 2.59 bits per heavy atom. The average Bonchev–Trinajstić information content (AvgIpc) is 3.05. The number of rotatable bonds is 10. The van der Waals surface area contributed by atoms with Gasteiger partial charge in [-0.2, -0.15) is 19.2 Å². The minimum absolute atomic E-state index is 0.147. The molecule has 0 aliphatic carbocycles. The maximum Gasteiger partial charge on any atom is 0.412 e. The van der Waals surface area contributed by atoms with Crippen molar-refractivity contribution in [2.45, 2.75) is 57.3 Å². The van der Waals surface area contributed by atoms with Gasteiger partial charge in [-0.1, -0.05) is 0 Å². The highest BCUT2D eigenvalue weighted by Gasteiger charge is 2.59. The van der Waals surface area contributed by atoms with E-state index in [1.165, 1.54) is 31.2 Å². The highest BCUT2D eigenvalue weighted by atomic mass is 31.1. The molecule has 1 aromatic carbocycles. The van der Waals surface area contributed by atoms with Crippen LogP contribution in [0.15, 0.2) is 46.2 Å². The van der Waals surface area contributed by atoms with Crippen LogP contribution < -0.4 is 31.0 Å². The number of hydrogen-bond donors (Lipinski definition) is 3. The van der Waals surface area contributed by atoms with E-state index in [1.807, 2.05) is 0 Å². The Morgan fingerprint density at radius 2 is 1.97 bits per heavy atom. The van der Waals surface area contributed by atoms with Gasteiger partial charge in [0, 0.05) is 11.1 Å². The molecule has 1 saturated heterocycles. The van der Waals surface area contributed by atoms with Crippen LogP contribution in [0.2, 0.25) is 0 Å². The molecule has 1 fully saturated rings. The highest BCUT2D eigenvalue weighted by Crippen LogP contribution is 2.42. The molecule has 202 valence electrons. The van der Waals surface area contributed by atoms with E-state index in [4.69, 9.17) is 24.5 Å². The number of hydrogen-bond acceptors (Lipinski definition) is 11. The second kappa shape index (κ2) is 11.9. The standard InChI is InChI=1S/C21H26F2N5O8P/c1-11(2)34-18(30)12(3)26-27-37(32)36-14-6-4-13(5-7-14)33-10-15-17(29)21(22,23)19(35-15)28-9-8-16(24)25-20(28)31/h4-9,11-12,15,17,19,26,29H,10H2,1-3H3,(H2,24,25,31)/t12-,15+,17+,19+/m0/s1. The lowest BCUT2D eigenvalue weighted by atomic mass is 10.1. The van der Waals surface area contributed by atoms with Gasteiger partial charge in [0.2, 0.25) is 6.23 Å². The zero-order chi connectivity index (χ0) is 27.3. The number of alkyl halides is 2. The number of anilines is 1. The fourth-order valence-corrected chi connectivity index (χ4v) is 3.73. The summed E-state index contributed by atoms with van der Waals surface area (Å²) in [4.78, 5) is 42.6. The van der Waals surface area contributed by atoms with Crippen LogP contribution in [0, 0.1) is 0 Å². The quantitative estimate of drug-likeness (QED) is 0.219. The third-order valence-corrected chi connectivity index (χ3v) is 5.59. The monoisotopic (exact) mass is 545 g/mol. The number of benzene rings is 1. The van der Waals surface area contributed by atoms with Crippen LogP contribution in [0.1, 0.15) is 27.0 Å². The van der Waals surface area contributed by atoms with Gasteiger partial charge in [0.1, 0.15) is 30.3 Å². The number of carbonyl (C=O) groups excluding carboxylic acids is 1. The lowest BCUT2D eigenvalue weighted by molar-refractivity contribution is -0.169. The zero-order valence-corrected chi connectivity index (χ0v) is 20.9. The molecule has 1 aliphatic rings. The third kappa shape index (κ3) is 7.17. The van der Waals surface area contributed by atoms with E-state index in [1.54, 1.807) is 13.8 Å². The molecule has 37 heavy (non-hydrogen) atoms. The molecule has 13 nitrogen and oxygen atoms in total. The number of esters is 1. The Bertz CT molecular complexity index is 1180.